The number of anilines is 2. The van der Waals surface area contributed by atoms with Gasteiger partial charge in [-0.1, -0.05) is 26.0 Å². The standard InChI is InChI=1S/C30H32F2N4O6S/c1-17(2)16-42-30(39)26(13-18-3-7-20(33)8-4-18)35-29(38)27-24(31)14-22(15-25(27)32)36-43(40,41)23-11-5-19(6-12-23)28(37)34-21-9-10-21/h3-8,11-12,14-15,17,21,26,36H,9-10,13,16,33H2,1-2H3,(H,34,37)(H,35,38)/t26-/m0/s1. The zero-order valence-electron chi connectivity index (χ0n) is 23.5. The van der Waals surface area contributed by atoms with Crippen molar-refractivity contribution in [2.24, 2.45) is 5.92 Å². The van der Waals surface area contributed by atoms with Crippen molar-refractivity contribution in [1.82, 2.24) is 10.6 Å². The highest BCUT2D eigenvalue weighted by Crippen LogP contribution is 2.24. The summed E-state index contributed by atoms with van der Waals surface area (Å²) in [6.07, 6.45) is 1.75. The van der Waals surface area contributed by atoms with E-state index in [0.717, 1.165) is 12.8 Å². The van der Waals surface area contributed by atoms with Crippen LogP contribution in [0.3, 0.4) is 0 Å². The molecule has 1 atom stereocenters. The van der Waals surface area contributed by atoms with Gasteiger partial charge in [-0.2, -0.15) is 0 Å². The molecule has 3 aromatic carbocycles. The van der Waals surface area contributed by atoms with Crippen molar-refractivity contribution in [2.75, 3.05) is 17.1 Å². The average molecular weight is 615 g/mol. The van der Waals surface area contributed by atoms with Gasteiger partial charge >= 0.3 is 5.97 Å². The van der Waals surface area contributed by atoms with E-state index >= 15 is 8.78 Å². The number of amides is 2. The van der Waals surface area contributed by atoms with Gasteiger partial charge in [0, 0.05) is 23.7 Å². The Labute approximate surface area is 248 Å². The van der Waals surface area contributed by atoms with E-state index in [4.69, 9.17) is 10.5 Å². The molecule has 0 aliphatic heterocycles. The number of nitrogens with one attached hydrogen (secondary N) is 3. The van der Waals surface area contributed by atoms with Gasteiger partial charge < -0.3 is 21.1 Å². The number of esters is 1. The minimum atomic E-state index is -4.30. The van der Waals surface area contributed by atoms with Crippen LogP contribution in [0.25, 0.3) is 0 Å². The highest BCUT2D eigenvalue weighted by Gasteiger charge is 2.28. The Kier molecular flexibility index (Phi) is 9.64. The second-order valence-electron chi connectivity index (χ2n) is 10.7. The molecule has 5 N–H and O–H groups in total. The second-order valence-corrected chi connectivity index (χ2v) is 12.4. The van der Waals surface area contributed by atoms with Gasteiger partial charge in [0.25, 0.3) is 21.8 Å². The summed E-state index contributed by atoms with van der Waals surface area (Å²) in [5, 5.41) is 5.12. The molecule has 228 valence electrons. The molecule has 0 heterocycles. The van der Waals surface area contributed by atoms with E-state index in [0.29, 0.717) is 23.4 Å². The summed E-state index contributed by atoms with van der Waals surface area (Å²) in [6, 6.07) is 11.7. The summed E-state index contributed by atoms with van der Waals surface area (Å²) in [5.74, 6) is -5.06. The molecule has 0 bridgehead atoms. The van der Waals surface area contributed by atoms with Crippen molar-refractivity contribution < 1.29 is 36.3 Å². The second kappa shape index (κ2) is 13.2. The van der Waals surface area contributed by atoms with E-state index in [1.807, 2.05) is 13.8 Å². The molecule has 1 aliphatic rings. The molecule has 0 spiro atoms. The molecular weight excluding hydrogens is 582 g/mol. The zero-order chi connectivity index (χ0) is 31.3. The van der Waals surface area contributed by atoms with E-state index in [9.17, 15) is 22.8 Å². The summed E-state index contributed by atoms with van der Waals surface area (Å²) >= 11 is 0. The van der Waals surface area contributed by atoms with Crippen molar-refractivity contribution in [3.63, 3.8) is 0 Å². The van der Waals surface area contributed by atoms with Crippen molar-refractivity contribution >= 4 is 39.2 Å². The maximum Gasteiger partial charge on any atom is 0.329 e. The number of nitrogen functional groups attached to an aromatic ring is 1. The van der Waals surface area contributed by atoms with Crippen LogP contribution in [-0.4, -0.2) is 44.9 Å². The smallest absolute Gasteiger partial charge is 0.329 e. The number of nitrogens with two attached hydrogens (primary N) is 1. The van der Waals surface area contributed by atoms with Crippen LogP contribution in [0.2, 0.25) is 0 Å². The van der Waals surface area contributed by atoms with Gasteiger partial charge in [-0.25, -0.2) is 22.0 Å². The monoisotopic (exact) mass is 614 g/mol. The maximum absolute atomic E-state index is 15.1. The summed E-state index contributed by atoms with van der Waals surface area (Å²) in [5.41, 5.74) is 5.59. The number of hydrogen-bond donors (Lipinski definition) is 4. The Morgan fingerprint density at radius 1 is 0.953 bits per heavy atom. The van der Waals surface area contributed by atoms with E-state index in [1.165, 1.54) is 24.3 Å². The van der Waals surface area contributed by atoms with Crippen LogP contribution in [0.15, 0.2) is 65.6 Å². The van der Waals surface area contributed by atoms with Crippen LogP contribution >= 0.6 is 0 Å². The first kappa shape index (κ1) is 31.4. The van der Waals surface area contributed by atoms with Crippen LogP contribution in [0.5, 0.6) is 0 Å². The lowest BCUT2D eigenvalue weighted by atomic mass is 10.0. The van der Waals surface area contributed by atoms with Gasteiger partial charge in [0.05, 0.1) is 17.2 Å². The Balaban J connectivity index is 1.49. The fourth-order valence-corrected chi connectivity index (χ4v) is 5.05. The average Bonchev–Trinajstić information content (AvgIpc) is 3.76. The Morgan fingerprint density at radius 3 is 2.12 bits per heavy atom. The van der Waals surface area contributed by atoms with E-state index in [1.54, 1.807) is 24.3 Å². The fraction of sp³-hybridized carbons (Fsp3) is 0.300. The predicted octanol–water partition coefficient (Wildman–Crippen LogP) is 3.78. The van der Waals surface area contributed by atoms with Crippen LogP contribution in [-0.2, 0) is 26.0 Å². The minimum absolute atomic E-state index is 0.00722. The first-order chi connectivity index (χ1) is 20.3. The molecule has 1 aliphatic carbocycles. The topological polar surface area (TPSA) is 157 Å². The Morgan fingerprint density at radius 2 is 1.56 bits per heavy atom. The number of carbonyl (C=O) groups is 3. The summed E-state index contributed by atoms with van der Waals surface area (Å²) in [4.78, 5) is 37.6. The van der Waals surface area contributed by atoms with E-state index in [-0.39, 0.29) is 41.4 Å². The first-order valence-corrected chi connectivity index (χ1v) is 15.1. The van der Waals surface area contributed by atoms with Gasteiger partial charge in [0.2, 0.25) is 0 Å². The minimum Gasteiger partial charge on any atom is -0.464 e. The van der Waals surface area contributed by atoms with Gasteiger partial charge in [-0.3, -0.25) is 14.3 Å². The zero-order valence-corrected chi connectivity index (χ0v) is 24.3. The molecule has 0 aromatic heterocycles. The number of hydrogen-bond acceptors (Lipinski definition) is 7. The van der Waals surface area contributed by atoms with Crippen molar-refractivity contribution in [2.45, 2.75) is 50.1 Å². The number of sulfonamides is 1. The van der Waals surface area contributed by atoms with Gasteiger partial charge in [0.15, 0.2) is 0 Å². The third kappa shape index (κ3) is 8.51. The Bertz CT molecular complexity index is 1590. The van der Waals surface area contributed by atoms with Crippen LogP contribution in [0, 0.1) is 17.6 Å². The van der Waals surface area contributed by atoms with Gasteiger partial charge in [-0.15, -0.1) is 0 Å². The third-order valence-corrected chi connectivity index (χ3v) is 7.83. The number of ether oxygens (including phenoxy) is 1. The van der Waals surface area contributed by atoms with Crippen LogP contribution in [0.1, 0.15) is 53.0 Å². The molecule has 0 unspecified atom stereocenters. The summed E-state index contributed by atoms with van der Waals surface area (Å²) in [7, 11) is -4.30. The van der Waals surface area contributed by atoms with E-state index < -0.39 is 50.8 Å². The number of halogens is 2. The third-order valence-electron chi connectivity index (χ3n) is 6.43. The van der Waals surface area contributed by atoms with Crippen LogP contribution in [0.4, 0.5) is 20.2 Å². The van der Waals surface area contributed by atoms with E-state index in [2.05, 4.69) is 15.4 Å². The first-order valence-electron chi connectivity index (χ1n) is 13.6. The summed E-state index contributed by atoms with van der Waals surface area (Å²) < 4.78 is 63.1. The molecular formula is C30H32F2N4O6S. The van der Waals surface area contributed by atoms with Crippen molar-refractivity contribution in [1.29, 1.82) is 0 Å². The fourth-order valence-electron chi connectivity index (χ4n) is 4.01. The Hall–Kier alpha value is -4.52. The molecule has 0 radical (unpaired) electrons. The lowest BCUT2D eigenvalue weighted by Crippen LogP contribution is -2.44. The lowest BCUT2D eigenvalue weighted by molar-refractivity contribution is -0.147. The molecule has 1 fully saturated rings. The molecule has 2 amide bonds. The molecule has 3 aromatic rings. The number of benzene rings is 3. The number of rotatable bonds is 12. The summed E-state index contributed by atoms with van der Waals surface area (Å²) in [6.45, 7) is 3.72. The highest BCUT2D eigenvalue weighted by molar-refractivity contribution is 7.92. The lowest BCUT2D eigenvalue weighted by Gasteiger charge is -2.19. The number of carbonyl (C=O) groups excluding carboxylic acids is 3. The van der Waals surface area contributed by atoms with Crippen LogP contribution < -0.4 is 21.1 Å². The van der Waals surface area contributed by atoms with Gasteiger partial charge in [0.1, 0.15) is 23.2 Å². The maximum atomic E-state index is 15.1. The SMILES string of the molecule is CC(C)COC(=O)[C@H](Cc1ccc(N)cc1)NC(=O)c1c(F)cc(NS(=O)(=O)c2ccc(C(=O)NC3CC3)cc2)cc1F. The largest absolute Gasteiger partial charge is 0.464 e. The molecule has 0 saturated heterocycles. The molecule has 1 saturated carbocycles. The quantitative estimate of drug-likeness (QED) is 0.179. The van der Waals surface area contributed by atoms with Crippen molar-refractivity contribution in [3.05, 3.63) is 89.0 Å². The van der Waals surface area contributed by atoms with Gasteiger partial charge in [-0.05, 0) is 72.9 Å². The molecule has 10 nitrogen and oxygen atoms in total. The highest BCUT2D eigenvalue weighted by atomic mass is 32.2. The normalized spacial score (nSPS) is 13.7. The molecule has 4 rings (SSSR count). The van der Waals surface area contributed by atoms with Crippen molar-refractivity contribution in [3.8, 4) is 0 Å². The molecule has 13 heteroatoms. The predicted molar refractivity (Wildman–Crippen MR) is 156 cm³/mol. The molecule has 43 heavy (non-hydrogen) atoms.